The lowest BCUT2D eigenvalue weighted by Crippen LogP contribution is -2.49. The quantitative estimate of drug-likeness (QED) is 0.296. The molecule has 162 valence electrons. The maximum atomic E-state index is 12.2. The molecule has 0 aliphatic heterocycles. The van der Waals surface area contributed by atoms with Gasteiger partial charge < -0.3 is 14.3 Å². The first-order chi connectivity index (χ1) is 14.3. The molecule has 0 radical (unpaired) electrons. The number of anilines is 1. The molecule has 9 nitrogen and oxygen atoms in total. The molecule has 2 amide bonds. The number of hydrogen-bond acceptors (Lipinski definition) is 7. The van der Waals surface area contributed by atoms with Crippen LogP contribution in [0.15, 0.2) is 41.6 Å². The van der Waals surface area contributed by atoms with Crippen LogP contribution in [0.1, 0.15) is 30.0 Å². The van der Waals surface area contributed by atoms with Crippen molar-refractivity contribution in [3.05, 3.63) is 53.1 Å². The van der Waals surface area contributed by atoms with Gasteiger partial charge in [0.05, 0.1) is 24.1 Å². The predicted molar refractivity (Wildman–Crippen MR) is 116 cm³/mol. The van der Waals surface area contributed by atoms with E-state index in [1.165, 1.54) is 14.2 Å². The lowest BCUT2D eigenvalue weighted by molar-refractivity contribution is 0.213. The Labute approximate surface area is 176 Å². The SMILES string of the molecule is CC/C(=N\OC)c1ccc(OCc2c(OC)cccc2N(N)C(=O)N(C)N)c(C)c1. The van der Waals surface area contributed by atoms with E-state index in [0.29, 0.717) is 22.7 Å². The van der Waals surface area contributed by atoms with Gasteiger partial charge in [0, 0.05) is 7.05 Å². The Bertz CT molecular complexity index is 914. The summed E-state index contributed by atoms with van der Waals surface area (Å²) >= 11 is 0. The molecule has 0 aliphatic carbocycles. The van der Waals surface area contributed by atoms with Crippen LogP contribution in [0.5, 0.6) is 11.5 Å². The number of aryl methyl sites for hydroxylation is 1. The van der Waals surface area contributed by atoms with Crippen LogP contribution < -0.4 is 26.2 Å². The lowest BCUT2D eigenvalue weighted by Gasteiger charge is -2.24. The Balaban J connectivity index is 2.31. The van der Waals surface area contributed by atoms with Crippen molar-refractivity contribution in [3.63, 3.8) is 0 Å². The number of methoxy groups -OCH3 is 1. The van der Waals surface area contributed by atoms with Gasteiger partial charge in [-0.3, -0.25) is 5.01 Å². The van der Waals surface area contributed by atoms with E-state index in [2.05, 4.69) is 5.16 Å². The number of urea groups is 1. The molecule has 2 aromatic carbocycles. The highest BCUT2D eigenvalue weighted by molar-refractivity contribution is 6.00. The Hall–Kier alpha value is -3.30. The molecule has 0 atom stereocenters. The van der Waals surface area contributed by atoms with E-state index < -0.39 is 6.03 Å². The van der Waals surface area contributed by atoms with Crippen molar-refractivity contribution in [1.82, 2.24) is 5.01 Å². The van der Waals surface area contributed by atoms with E-state index in [1.807, 2.05) is 32.0 Å². The van der Waals surface area contributed by atoms with E-state index in [-0.39, 0.29) is 6.61 Å². The minimum absolute atomic E-state index is 0.140. The fourth-order valence-corrected chi connectivity index (χ4v) is 2.96. The molecule has 0 saturated carbocycles. The number of hydrazine groups is 2. The Kier molecular flexibility index (Phi) is 8.02. The number of rotatable bonds is 8. The van der Waals surface area contributed by atoms with Gasteiger partial charge in [-0.25, -0.2) is 21.5 Å². The number of amides is 2. The molecule has 0 fully saturated rings. The average Bonchev–Trinajstić information content (AvgIpc) is 2.75. The number of benzene rings is 2. The summed E-state index contributed by atoms with van der Waals surface area (Å²) in [6.45, 7) is 4.10. The summed E-state index contributed by atoms with van der Waals surface area (Å²) < 4.78 is 11.5. The highest BCUT2D eigenvalue weighted by Gasteiger charge is 2.20. The zero-order chi connectivity index (χ0) is 22.3. The largest absolute Gasteiger partial charge is 0.496 e. The standard InChI is InChI=1S/C21H29N5O4/c1-6-17(24-29-5)15-10-11-19(14(2)12-15)30-13-16-18(8-7-9-20(16)28-4)26(23)21(27)25(3)22/h7-12H,6,13,22-23H2,1-5H3/b24-17+. The van der Waals surface area contributed by atoms with Crippen molar-refractivity contribution in [2.75, 3.05) is 26.3 Å². The van der Waals surface area contributed by atoms with E-state index in [1.54, 1.807) is 25.3 Å². The summed E-state index contributed by atoms with van der Waals surface area (Å²) in [6, 6.07) is 10.4. The van der Waals surface area contributed by atoms with Gasteiger partial charge in [0.25, 0.3) is 0 Å². The van der Waals surface area contributed by atoms with E-state index in [9.17, 15) is 4.79 Å². The molecular formula is C21H29N5O4. The Morgan fingerprint density at radius 1 is 1.13 bits per heavy atom. The first-order valence-electron chi connectivity index (χ1n) is 9.40. The van der Waals surface area contributed by atoms with Crippen LogP contribution in [-0.2, 0) is 11.4 Å². The molecule has 0 heterocycles. The zero-order valence-corrected chi connectivity index (χ0v) is 18.0. The zero-order valence-electron chi connectivity index (χ0n) is 18.0. The van der Waals surface area contributed by atoms with E-state index in [4.69, 9.17) is 26.0 Å². The van der Waals surface area contributed by atoms with Crippen molar-refractivity contribution < 1.29 is 19.1 Å². The van der Waals surface area contributed by atoms with Crippen LogP contribution in [0.4, 0.5) is 10.5 Å². The van der Waals surface area contributed by atoms with E-state index in [0.717, 1.165) is 33.3 Å². The van der Waals surface area contributed by atoms with Gasteiger partial charge in [0.1, 0.15) is 25.2 Å². The molecule has 2 rings (SSSR count). The molecule has 0 saturated heterocycles. The maximum Gasteiger partial charge on any atom is 0.352 e. The second-order valence-electron chi connectivity index (χ2n) is 6.56. The fourth-order valence-electron chi connectivity index (χ4n) is 2.96. The van der Waals surface area contributed by atoms with Crippen molar-refractivity contribution in [2.24, 2.45) is 16.8 Å². The third-order valence-electron chi connectivity index (χ3n) is 4.51. The van der Waals surface area contributed by atoms with Gasteiger partial charge >= 0.3 is 6.03 Å². The monoisotopic (exact) mass is 415 g/mol. The summed E-state index contributed by atoms with van der Waals surface area (Å²) in [5, 5.41) is 5.92. The van der Waals surface area contributed by atoms with Crippen molar-refractivity contribution in [1.29, 1.82) is 0 Å². The number of ether oxygens (including phenoxy) is 2. The third-order valence-corrected chi connectivity index (χ3v) is 4.51. The number of oxime groups is 1. The molecule has 0 spiro atoms. The topological polar surface area (TPSA) is 116 Å². The highest BCUT2D eigenvalue weighted by Crippen LogP contribution is 2.31. The summed E-state index contributed by atoms with van der Waals surface area (Å²) in [5.41, 5.74) is 3.81. The maximum absolute atomic E-state index is 12.2. The Morgan fingerprint density at radius 3 is 2.43 bits per heavy atom. The summed E-state index contributed by atoms with van der Waals surface area (Å²) in [7, 11) is 4.49. The Morgan fingerprint density at radius 2 is 1.87 bits per heavy atom. The molecule has 9 heteroatoms. The van der Waals surface area contributed by atoms with Gasteiger partial charge in [-0.05, 0) is 54.8 Å². The van der Waals surface area contributed by atoms with Crippen LogP contribution in [-0.4, -0.2) is 38.0 Å². The second-order valence-corrected chi connectivity index (χ2v) is 6.56. The second kappa shape index (κ2) is 10.5. The van der Waals surface area contributed by atoms with Crippen LogP contribution in [0.2, 0.25) is 0 Å². The predicted octanol–water partition coefficient (Wildman–Crippen LogP) is 2.95. The first kappa shape index (κ1) is 23.0. The summed E-state index contributed by atoms with van der Waals surface area (Å²) in [4.78, 5) is 17.1. The van der Waals surface area contributed by atoms with Gasteiger partial charge in [-0.15, -0.1) is 0 Å². The number of carbonyl (C=O) groups excluding carboxylic acids is 1. The van der Waals surface area contributed by atoms with Crippen molar-refractivity contribution >= 4 is 17.4 Å². The molecular weight excluding hydrogens is 386 g/mol. The number of carbonyl (C=O) groups is 1. The minimum Gasteiger partial charge on any atom is -0.496 e. The summed E-state index contributed by atoms with van der Waals surface area (Å²) in [6.07, 6.45) is 0.744. The molecule has 0 bridgehead atoms. The van der Waals surface area contributed by atoms with Gasteiger partial charge in [-0.1, -0.05) is 18.1 Å². The van der Waals surface area contributed by atoms with Crippen LogP contribution in [0.3, 0.4) is 0 Å². The minimum atomic E-state index is -0.574. The molecule has 2 aromatic rings. The smallest absolute Gasteiger partial charge is 0.352 e. The molecule has 30 heavy (non-hydrogen) atoms. The first-order valence-corrected chi connectivity index (χ1v) is 9.40. The molecule has 4 N–H and O–H groups in total. The van der Waals surface area contributed by atoms with Crippen LogP contribution in [0.25, 0.3) is 0 Å². The fraction of sp³-hybridized carbons (Fsp3) is 0.333. The van der Waals surface area contributed by atoms with Crippen molar-refractivity contribution in [2.45, 2.75) is 26.9 Å². The van der Waals surface area contributed by atoms with Gasteiger partial charge in [0.2, 0.25) is 0 Å². The average molecular weight is 415 g/mol. The van der Waals surface area contributed by atoms with Crippen molar-refractivity contribution in [3.8, 4) is 11.5 Å². The van der Waals surface area contributed by atoms with Gasteiger partial charge in [-0.2, -0.15) is 0 Å². The summed E-state index contributed by atoms with van der Waals surface area (Å²) in [5.74, 6) is 12.8. The van der Waals surface area contributed by atoms with Crippen LogP contribution in [0, 0.1) is 6.92 Å². The van der Waals surface area contributed by atoms with E-state index >= 15 is 0 Å². The van der Waals surface area contributed by atoms with Crippen LogP contribution >= 0.6 is 0 Å². The highest BCUT2D eigenvalue weighted by atomic mass is 16.6. The lowest BCUT2D eigenvalue weighted by atomic mass is 10.0. The molecule has 0 aliphatic rings. The number of nitrogens with zero attached hydrogens (tertiary/aromatic N) is 3. The third kappa shape index (κ3) is 5.19. The molecule has 0 aromatic heterocycles. The van der Waals surface area contributed by atoms with Gasteiger partial charge in [0.15, 0.2) is 0 Å². The number of nitrogens with two attached hydrogens (primary N) is 2. The normalized spacial score (nSPS) is 11.1. The molecule has 0 unspecified atom stereocenters. The number of hydrogen-bond donors (Lipinski definition) is 2.